The molecule has 1 aromatic rings. The quantitative estimate of drug-likeness (QED) is 0.565. The lowest BCUT2D eigenvalue weighted by atomic mass is 10.2. The lowest BCUT2D eigenvalue weighted by Crippen LogP contribution is -2.17. The Morgan fingerprint density at radius 2 is 2.42 bits per heavy atom. The number of nitrogens with zero attached hydrogens (tertiary/aromatic N) is 1. The summed E-state index contributed by atoms with van der Waals surface area (Å²) >= 11 is 0. The molecule has 0 radical (unpaired) electrons. The molecular formula is C8H9N3O. The average molecular weight is 163 g/mol. The minimum atomic E-state index is -0.252. The molecule has 0 fully saturated rings. The summed E-state index contributed by atoms with van der Waals surface area (Å²) < 4.78 is 0. The normalized spacial score (nSPS) is 9.33. The van der Waals surface area contributed by atoms with Crippen LogP contribution in [0.2, 0.25) is 0 Å². The summed E-state index contributed by atoms with van der Waals surface area (Å²) in [6, 6.07) is 0. The van der Waals surface area contributed by atoms with Crippen molar-refractivity contribution >= 4 is 5.95 Å². The summed E-state index contributed by atoms with van der Waals surface area (Å²) in [7, 11) is 0. The van der Waals surface area contributed by atoms with Gasteiger partial charge >= 0.3 is 0 Å². The molecule has 0 aliphatic rings. The van der Waals surface area contributed by atoms with Crippen LogP contribution < -0.4 is 11.3 Å². The van der Waals surface area contributed by atoms with Gasteiger partial charge in [0.25, 0.3) is 5.56 Å². The minimum Gasteiger partial charge on any atom is -0.369 e. The second-order valence-electron chi connectivity index (χ2n) is 2.40. The third-order valence-corrected chi connectivity index (χ3v) is 1.52. The maximum Gasteiger partial charge on any atom is 0.256 e. The molecule has 0 atom stereocenters. The largest absolute Gasteiger partial charge is 0.369 e. The molecule has 0 amide bonds. The highest BCUT2D eigenvalue weighted by Crippen LogP contribution is 1.99. The average Bonchev–Trinajstić information content (AvgIpc) is 1.96. The molecule has 12 heavy (non-hydrogen) atoms. The van der Waals surface area contributed by atoms with Gasteiger partial charge in [-0.3, -0.25) is 9.78 Å². The molecule has 0 aromatic carbocycles. The van der Waals surface area contributed by atoms with Crippen LogP contribution in [0, 0.1) is 19.3 Å². The van der Waals surface area contributed by atoms with Crippen molar-refractivity contribution in [3.63, 3.8) is 0 Å². The molecule has 62 valence electrons. The van der Waals surface area contributed by atoms with Crippen LogP contribution in [0.3, 0.4) is 0 Å². The monoisotopic (exact) mass is 163 g/mol. The van der Waals surface area contributed by atoms with Crippen molar-refractivity contribution in [1.82, 2.24) is 9.97 Å². The number of anilines is 1. The number of aryl methyl sites for hydroxylation is 1. The molecule has 1 aromatic heterocycles. The standard InChI is InChI=1S/C8H9N3O/c1-3-4-6-5(2)10-8(9)11-7(6)12/h1H,4H2,2H3,(H3,9,10,11,12). The molecule has 1 heterocycles. The van der Waals surface area contributed by atoms with Crippen LogP contribution >= 0.6 is 0 Å². The van der Waals surface area contributed by atoms with E-state index in [4.69, 9.17) is 12.2 Å². The number of hydrogen-bond acceptors (Lipinski definition) is 3. The van der Waals surface area contributed by atoms with E-state index in [0.717, 1.165) is 0 Å². The Balaban J connectivity index is 3.31. The molecule has 0 aliphatic heterocycles. The molecule has 3 N–H and O–H groups in total. The number of aromatic nitrogens is 2. The second kappa shape index (κ2) is 3.09. The Morgan fingerprint density at radius 1 is 1.75 bits per heavy atom. The first-order valence-electron chi connectivity index (χ1n) is 3.44. The zero-order chi connectivity index (χ0) is 9.14. The highest BCUT2D eigenvalue weighted by molar-refractivity contribution is 5.26. The number of rotatable bonds is 1. The molecule has 0 bridgehead atoms. The second-order valence-corrected chi connectivity index (χ2v) is 2.40. The van der Waals surface area contributed by atoms with Gasteiger partial charge < -0.3 is 5.73 Å². The van der Waals surface area contributed by atoms with Crippen molar-refractivity contribution < 1.29 is 0 Å². The fraction of sp³-hybridized carbons (Fsp3) is 0.250. The van der Waals surface area contributed by atoms with Gasteiger partial charge in [-0.15, -0.1) is 12.3 Å². The summed E-state index contributed by atoms with van der Waals surface area (Å²) in [6.45, 7) is 1.71. The highest BCUT2D eigenvalue weighted by atomic mass is 16.1. The van der Waals surface area contributed by atoms with Gasteiger partial charge in [-0.25, -0.2) is 4.98 Å². The van der Waals surface area contributed by atoms with E-state index in [-0.39, 0.29) is 17.9 Å². The summed E-state index contributed by atoms with van der Waals surface area (Å²) in [5, 5.41) is 0. The van der Waals surface area contributed by atoms with E-state index >= 15 is 0 Å². The van der Waals surface area contributed by atoms with Crippen LogP contribution in [0.1, 0.15) is 11.3 Å². The Hall–Kier alpha value is -1.76. The smallest absolute Gasteiger partial charge is 0.256 e. The number of terminal acetylenes is 1. The van der Waals surface area contributed by atoms with E-state index in [1.807, 2.05) is 0 Å². The van der Waals surface area contributed by atoms with E-state index in [1.54, 1.807) is 6.92 Å². The van der Waals surface area contributed by atoms with Crippen molar-refractivity contribution in [3.05, 3.63) is 21.6 Å². The highest BCUT2D eigenvalue weighted by Gasteiger charge is 2.03. The van der Waals surface area contributed by atoms with Crippen molar-refractivity contribution in [2.24, 2.45) is 0 Å². The first-order valence-corrected chi connectivity index (χ1v) is 3.44. The van der Waals surface area contributed by atoms with Crippen molar-refractivity contribution in [2.75, 3.05) is 5.73 Å². The topological polar surface area (TPSA) is 71.8 Å². The lowest BCUT2D eigenvalue weighted by molar-refractivity contribution is 1.01. The summed E-state index contributed by atoms with van der Waals surface area (Å²) in [5.74, 6) is 2.51. The molecule has 4 nitrogen and oxygen atoms in total. The van der Waals surface area contributed by atoms with Crippen molar-refractivity contribution in [1.29, 1.82) is 0 Å². The van der Waals surface area contributed by atoms with Crippen LogP contribution in [-0.2, 0) is 6.42 Å². The third kappa shape index (κ3) is 1.45. The predicted octanol–water partition coefficient (Wildman–Crippen LogP) is -0.164. The molecule has 0 aliphatic carbocycles. The van der Waals surface area contributed by atoms with Gasteiger partial charge in [-0.2, -0.15) is 0 Å². The fourth-order valence-electron chi connectivity index (χ4n) is 0.942. The number of nitrogens with two attached hydrogens (primary N) is 1. The molecule has 0 unspecified atom stereocenters. The zero-order valence-corrected chi connectivity index (χ0v) is 6.72. The van der Waals surface area contributed by atoms with E-state index in [9.17, 15) is 4.79 Å². The third-order valence-electron chi connectivity index (χ3n) is 1.52. The molecule has 0 saturated carbocycles. The lowest BCUT2D eigenvalue weighted by Gasteiger charge is -1.99. The van der Waals surface area contributed by atoms with Gasteiger partial charge in [0, 0.05) is 6.42 Å². The maximum absolute atomic E-state index is 11.2. The molecule has 4 heteroatoms. The molecular weight excluding hydrogens is 154 g/mol. The zero-order valence-electron chi connectivity index (χ0n) is 6.72. The molecule has 1 rings (SSSR count). The van der Waals surface area contributed by atoms with Crippen LogP contribution in [0.15, 0.2) is 4.79 Å². The van der Waals surface area contributed by atoms with Gasteiger partial charge in [0.05, 0.1) is 11.3 Å². The first-order chi connectivity index (χ1) is 5.65. The van der Waals surface area contributed by atoms with Crippen LogP contribution in [0.25, 0.3) is 0 Å². The van der Waals surface area contributed by atoms with E-state index < -0.39 is 0 Å². The van der Waals surface area contributed by atoms with Crippen molar-refractivity contribution in [2.45, 2.75) is 13.3 Å². The summed E-state index contributed by atoms with van der Waals surface area (Å²) in [4.78, 5) is 17.4. The number of nitrogen functional groups attached to an aromatic ring is 1. The predicted molar refractivity (Wildman–Crippen MR) is 46.5 cm³/mol. The van der Waals surface area contributed by atoms with Crippen LogP contribution in [0.4, 0.5) is 5.95 Å². The Labute approximate surface area is 69.8 Å². The maximum atomic E-state index is 11.2. The SMILES string of the molecule is C#CCc1c(C)nc(N)[nH]c1=O. The Morgan fingerprint density at radius 3 is 2.92 bits per heavy atom. The minimum absolute atomic E-state index is 0.123. The Bertz CT molecular complexity index is 386. The van der Waals surface area contributed by atoms with Crippen LogP contribution in [-0.4, -0.2) is 9.97 Å². The summed E-state index contributed by atoms with van der Waals surface area (Å²) in [5.41, 5.74) is 6.15. The molecule has 0 spiro atoms. The Kier molecular flexibility index (Phi) is 2.15. The van der Waals surface area contributed by atoms with E-state index in [1.165, 1.54) is 0 Å². The number of H-pyrrole nitrogens is 1. The van der Waals surface area contributed by atoms with E-state index in [2.05, 4.69) is 15.9 Å². The van der Waals surface area contributed by atoms with Crippen molar-refractivity contribution in [3.8, 4) is 12.3 Å². The van der Waals surface area contributed by atoms with E-state index in [0.29, 0.717) is 11.3 Å². The van der Waals surface area contributed by atoms with Gasteiger partial charge in [0.2, 0.25) is 5.95 Å². The van der Waals surface area contributed by atoms with Gasteiger partial charge in [-0.05, 0) is 6.92 Å². The van der Waals surface area contributed by atoms with Crippen LogP contribution in [0.5, 0.6) is 0 Å². The van der Waals surface area contributed by atoms with Gasteiger partial charge in [-0.1, -0.05) is 0 Å². The number of hydrogen-bond donors (Lipinski definition) is 2. The molecule has 0 saturated heterocycles. The number of nitrogens with one attached hydrogen (secondary N) is 1. The number of aromatic amines is 1. The fourth-order valence-corrected chi connectivity index (χ4v) is 0.942. The summed E-state index contributed by atoms with van der Waals surface area (Å²) in [6.07, 6.45) is 5.36. The van der Waals surface area contributed by atoms with Gasteiger partial charge in [0.1, 0.15) is 0 Å². The first kappa shape index (κ1) is 8.34. The van der Waals surface area contributed by atoms with Gasteiger partial charge in [0.15, 0.2) is 0 Å².